The van der Waals surface area contributed by atoms with Crippen LogP contribution in [0.5, 0.6) is 0 Å². The van der Waals surface area contributed by atoms with Gasteiger partial charge in [-0.25, -0.2) is 4.98 Å². The fraction of sp³-hybridized carbons (Fsp3) is 0.133. The third-order valence-corrected chi connectivity index (χ3v) is 3.11. The number of nitrogens with zero attached hydrogens (tertiary/aromatic N) is 4. The molecule has 6 heteroatoms. The Labute approximate surface area is 121 Å². The number of rotatable bonds is 1. The number of anilines is 1. The topological polar surface area (TPSA) is 89.3 Å². The molecule has 21 heavy (non-hydrogen) atoms. The lowest BCUT2D eigenvalue weighted by atomic mass is 10.0. The van der Waals surface area contributed by atoms with Crippen LogP contribution in [-0.2, 0) is 0 Å². The van der Waals surface area contributed by atoms with E-state index >= 15 is 0 Å². The van der Waals surface area contributed by atoms with Crippen LogP contribution in [0.2, 0.25) is 0 Å². The first-order valence-corrected chi connectivity index (χ1v) is 6.36. The van der Waals surface area contributed by atoms with E-state index in [9.17, 15) is 0 Å². The number of fused-ring (bicyclic) bond motifs is 1. The molecule has 3 aromatic rings. The molecule has 3 N–H and O–H groups in total. The largest absolute Gasteiger partial charge is 0.384 e. The van der Waals surface area contributed by atoms with Crippen LogP contribution in [0.4, 0.5) is 5.82 Å². The van der Waals surface area contributed by atoms with Crippen LogP contribution in [0, 0.1) is 18.8 Å². The van der Waals surface area contributed by atoms with Crippen molar-refractivity contribution >= 4 is 11.6 Å². The van der Waals surface area contributed by atoms with E-state index in [2.05, 4.69) is 26.9 Å². The lowest BCUT2D eigenvalue weighted by molar-refractivity contribution is 0.350. The summed E-state index contributed by atoms with van der Waals surface area (Å²) in [6.07, 6.45) is 1.42. The summed E-state index contributed by atoms with van der Waals surface area (Å²) in [6.45, 7) is 1.71. The molecular weight excluding hydrogens is 266 g/mol. The number of hydrogen-bond acceptors (Lipinski definition) is 5. The van der Waals surface area contributed by atoms with Gasteiger partial charge in [-0.05, 0) is 24.6 Å². The summed E-state index contributed by atoms with van der Waals surface area (Å²) in [5, 5.41) is 12.8. The Bertz CT molecular complexity index is 873. The summed E-state index contributed by atoms with van der Waals surface area (Å²) in [7, 11) is 0. The van der Waals surface area contributed by atoms with Crippen molar-refractivity contribution in [2.75, 3.05) is 12.3 Å². The van der Waals surface area contributed by atoms with Gasteiger partial charge in [0.15, 0.2) is 0 Å². The van der Waals surface area contributed by atoms with Crippen LogP contribution in [0.25, 0.3) is 16.9 Å². The Hall–Kier alpha value is -2.91. The molecule has 6 nitrogen and oxygen atoms in total. The van der Waals surface area contributed by atoms with Gasteiger partial charge in [0, 0.05) is 11.1 Å². The van der Waals surface area contributed by atoms with Crippen LogP contribution < -0.4 is 5.73 Å². The van der Waals surface area contributed by atoms with E-state index in [0.29, 0.717) is 11.6 Å². The average Bonchev–Trinajstić information content (AvgIpc) is 2.94. The molecule has 0 spiro atoms. The molecule has 0 aliphatic heterocycles. The van der Waals surface area contributed by atoms with Crippen molar-refractivity contribution in [1.29, 1.82) is 0 Å². The van der Waals surface area contributed by atoms with Gasteiger partial charge in [-0.3, -0.25) is 0 Å². The standard InChI is InChI=1S/C15H13N5O/c1-10-13(14(16)20-15(19-10)17-9-18-20)12-6-2-4-11(8-12)5-3-7-21/h2,4,6,8-9,21H,7,16H2,1H3. The van der Waals surface area contributed by atoms with Crippen molar-refractivity contribution in [3.8, 4) is 23.0 Å². The SMILES string of the molecule is Cc1nc2ncnn2c(N)c1-c1cccc(C#CCO)c1. The summed E-state index contributed by atoms with van der Waals surface area (Å²) in [6, 6.07) is 7.61. The molecule has 0 unspecified atom stereocenters. The second-order valence-corrected chi connectivity index (χ2v) is 4.47. The highest BCUT2D eigenvalue weighted by atomic mass is 16.2. The molecule has 2 aromatic heterocycles. The first-order chi connectivity index (χ1) is 10.2. The molecule has 104 valence electrons. The second-order valence-electron chi connectivity index (χ2n) is 4.47. The van der Waals surface area contributed by atoms with Crippen molar-refractivity contribution in [3.05, 3.63) is 41.9 Å². The zero-order valence-corrected chi connectivity index (χ0v) is 11.4. The minimum Gasteiger partial charge on any atom is -0.384 e. The Morgan fingerprint density at radius 3 is 3.05 bits per heavy atom. The molecular formula is C15H13N5O. The molecule has 0 atom stereocenters. The lowest BCUT2D eigenvalue weighted by Gasteiger charge is -2.10. The van der Waals surface area contributed by atoms with Crippen molar-refractivity contribution in [2.24, 2.45) is 0 Å². The number of aromatic nitrogens is 4. The molecule has 0 bridgehead atoms. The summed E-state index contributed by atoms with van der Waals surface area (Å²) >= 11 is 0. The molecule has 0 aliphatic rings. The van der Waals surface area contributed by atoms with Gasteiger partial charge in [-0.2, -0.15) is 14.6 Å². The second kappa shape index (κ2) is 5.23. The minimum absolute atomic E-state index is 0.169. The molecule has 3 rings (SSSR count). The fourth-order valence-corrected chi connectivity index (χ4v) is 2.23. The zero-order valence-electron chi connectivity index (χ0n) is 11.4. The van der Waals surface area contributed by atoms with E-state index in [-0.39, 0.29) is 6.61 Å². The van der Waals surface area contributed by atoms with Gasteiger partial charge in [-0.1, -0.05) is 24.0 Å². The van der Waals surface area contributed by atoms with Gasteiger partial charge in [0.2, 0.25) is 0 Å². The zero-order chi connectivity index (χ0) is 14.8. The van der Waals surface area contributed by atoms with Crippen LogP contribution in [0.15, 0.2) is 30.6 Å². The normalized spacial score (nSPS) is 10.4. The number of aliphatic hydroxyl groups excluding tert-OH is 1. The van der Waals surface area contributed by atoms with Crippen LogP contribution in [-0.4, -0.2) is 31.3 Å². The maximum absolute atomic E-state index is 8.77. The Balaban J connectivity index is 2.20. The van der Waals surface area contributed by atoms with Crippen LogP contribution in [0.1, 0.15) is 11.3 Å². The van der Waals surface area contributed by atoms with Crippen LogP contribution in [0.3, 0.4) is 0 Å². The number of aryl methyl sites for hydroxylation is 1. The first kappa shape index (κ1) is 13.1. The van der Waals surface area contributed by atoms with E-state index in [1.54, 1.807) is 0 Å². The summed E-state index contributed by atoms with van der Waals surface area (Å²) in [5.41, 5.74) is 9.48. The maximum Gasteiger partial charge on any atom is 0.254 e. The van der Waals surface area contributed by atoms with Gasteiger partial charge >= 0.3 is 0 Å². The maximum atomic E-state index is 8.77. The van der Waals surface area contributed by atoms with Crippen molar-refractivity contribution < 1.29 is 5.11 Å². The number of nitrogens with two attached hydrogens (primary N) is 1. The third kappa shape index (κ3) is 2.30. The smallest absolute Gasteiger partial charge is 0.254 e. The summed E-state index contributed by atoms with van der Waals surface area (Å²) in [5.74, 6) is 6.47. The Morgan fingerprint density at radius 2 is 2.24 bits per heavy atom. The van der Waals surface area contributed by atoms with Gasteiger partial charge in [0.05, 0.1) is 5.69 Å². The van der Waals surface area contributed by atoms with Crippen molar-refractivity contribution in [1.82, 2.24) is 19.6 Å². The van der Waals surface area contributed by atoms with Crippen molar-refractivity contribution in [2.45, 2.75) is 6.92 Å². The molecule has 0 saturated heterocycles. The lowest BCUT2D eigenvalue weighted by Crippen LogP contribution is -2.05. The summed E-state index contributed by atoms with van der Waals surface area (Å²) in [4.78, 5) is 8.44. The van der Waals surface area contributed by atoms with Gasteiger partial charge in [0.25, 0.3) is 5.78 Å². The van der Waals surface area contributed by atoms with E-state index in [0.717, 1.165) is 22.4 Å². The van der Waals surface area contributed by atoms with Gasteiger partial charge in [0.1, 0.15) is 18.8 Å². The monoisotopic (exact) mass is 279 g/mol. The number of benzene rings is 1. The third-order valence-electron chi connectivity index (χ3n) is 3.11. The van der Waals surface area contributed by atoms with E-state index in [4.69, 9.17) is 10.8 Å². The van der Waals surface area contributed by atoms with Crippen molar-refractivity contribution in [3.63, 3.8) is 0 Å². The molecule has 0 amide bonds. The minimum atomic E-state index is -0.169. The van der Waals surface area contributed by atoms with E-state index < -0.39 is 0 Å². The molecule has 0 radical (unpaired) electrons. The molecule has 2 heterocycles. The molecule has 0 fully saturated rings. The molecule has 1 aromatic carbocycles. The quantitative estimate of drug-likeness (QED) is 0.649. The Kier molecular flexibility index (Phi) is 3.26. The highest BCUT2D eigenvalue weighted by Gasteiger charge is 2.13. The van der Waals surface area contributed by atoms with Crippen LogP contribution >= 0.6 is 0 Å². The molecule has 0 aliphatic carbocycles. The number of aliphatic hydroxyl groups is 1. The van der Waals surface area contributed by atoms with E-state index in [1.165, 1.54) is 10.8 Å². The summed E-state index contributed by atoms with van der Waals surface area (Å²) < 4.78 is 1.51. The predicted molar refractivity (Wildman–Crippen MR) is 79.3 cm³/mol. The fourth-order valence-electron chi connectivity index (χ4n) is 2.23. The first-order valence-electron chi connectivity index (χ1n) is 6.36. The van der Waals surface area contributed by atoms with E-state index in [1.807, 2.05) is 31.2 Å². The molecule has 0 saturated carbocycles. The average molecular weight is 279 g/mol. The van der Waals surface area contributed by atoms with Gasteiger partial charge < -0.3 is 10.8 Å². The highest BCUT2D eigenvalue weighted by Crippen LogP contribution is 2.28. The predicted octanol–water partition coefficient (Wildman–Crippen LogP) is 1.03. The van der Waals surface area contributed by atoms with Gasteiger partial charge in [-0.15, -0.1) is 0 Å². The number of nitrogen functional groups attached to an aromatic ring is 1. The number of hydrogen-bond donors (Lipinski definition) is 2. The highest BCUT2D eigenvalue weighted by molar-refractivity contribution is 5.78. The Morgan fingerprint density at radius 1 is 1.38 bits per heavy atom.